The van der Waals surface area contributed by atoms with Crippen LogP contribution in [0.3, 0.4) is 0 Å². The number of ketones is 1. The number of carbonyl (C=O) groups is 1. The largest absolute Gasteiger partial charge is 0.302 e. The number of hydrogen-bond acceptors (Lipinski definition) is 2. The van der Waals surface area contributed by atoms with Crippen molar-refractivity contribution in [3.63, 3.8) is 0 Å². The molecule has 0 saturated carbocycles. The van der Waals surface area contributed by atoms with Crippen LogP contribution in [-0.2, 0) is 25.7 Å². The van der Waals surface area contributed by atoms with E-state index in [0.717, 1.165) is 31.2 Å². The smallest absolute Gasteiger partial charge is 0.177 e. The molecule has 0 amide bonds. The minimum absolute atomic E-state index is 0.229. The Kier molecular flexibility index (Phi) is 4.39. The average Bonchev–Trinajstić information content (AvgIpc) is 2.49. The van der Waals surface area contributed by atoms with Gasteiger partial charge in [-0.1, -0.05) is 36.4 Å². The summed E-state index contributed by atoms with van der Waals surface area (Å²) < 4.78 is 0. The summed E-state index contributed by atoms with van der Waals surface area (Å²) >= 11 is 0. The van der Waals surface area contributed by atoms with Gasteiger partial charge in [0.05, 0.1) is 6.54 Å². The highest BCUT2D eigenvalue weighted by atomic mass is 16.1. The van der Waals surface area contributed by atoms with Crippen molar-refractivity contribution in [1.29, 1.82) is 0 Å². The Morgan fingerprint density at radius 3 is 2.05 bits per heavy atom. The van der Waals surface area contributed by atoms with Crippen LogP contribution in [-0.4, -0.2) is 31.3 Å². The average molecular weight is 293 g/mol. The molecule has 4 aliphatic rings. The van der Waals surface area contributed by atoms with Crippen molar-refractivity contribution in [2.24, 2.45) is 0 Å². The van der Waals surface area contributed by atoms with Crippen LogP contribution in [0.1, 0.15) is 32.6 Å². The monoisotopic (exact) mass is 293 g/mol. The predicted molar refractivity (Wildman–Crippen MR) is 90.6 cm³/mol. The third kappa shape index (κ3) is 3.45. The molecule has 0 N–H and O–H groups in total. The van der Waals surface area contributed by atoms with Crippen LogP contribution in [0.2, 0.25) is 0 Å². The van der Waals surface area contributed by atoms with Crippen LogP contribution in [0.5, 0.6) is 0 Å². The number of aryl methyl sites for hydroxylation is 4. The number of carbonyl (C=O) groups excluding carboxylic acids is 1. The van der Waals surface area contributed by atoms with Crippen molar-refractivity contribution in [3.8, 4) is 0 Å². The zero-order chi connectivity index (χ0) is 15.5. The summed E-state index contributed by atoms with van der Waals surface area (Å²) in [5.74, 6) is 0.229. The van der Waals surface area contributed by atoms with Gasteiger partial charge in [0.2, 0.25) is 0 Å². The Bertz CT molecular complexity index is 671. The number of likely N-dealkylation sites (N-methyl/N-ethyl adjacent to an activating group) is 1. The second-order valence-corrected chi connectivity index (χ2v) is 6.47. The number of benzene rings is 2. The highest BCUT2D eigenvalue weighted by molar-refractivity contribution is 5.99. The summed E-state index contributed by atoms with van der Waals surface area (Å²) in [5.41, 5.74) is 6.07. The maximum Gasteiger partial charge on any atom is 0.177 e. The molecule has 0 radical (unpaired) electrons. The van der Waals surface area contributed by atoms with Gasteiger partial charge in [-0.15, -0.1) is 0 Å². The predicted octanol–water partition coefficient (Wildman–Crippen LogP) is 3.31. The number of hydrogen-bond donors (Lipinski definition) is 0. The summed E-state index contributed by atoms with van der Waals surface area (Å²) in [7, 11) is 3.89. The fourth-order valence-corrected chi connectivity index (χ4v) is 3.07. The molecule has 2 aromatic carbocycles. The van der Waals surface area contributed by atoms with Gasteiger partial charge >= 0.3 is 0 Å². The van der Waals surface area contributed by atoms with Crippen molar-refractivity contribution in [2.45, 2.75) is 25.7 Å². The summed E-state index contributed by atoms with van der Waals surface area (Å²) in [5, 5.41) is 0. The molecule has 0 unspecified atom stereocenters. The molecule has 2 nitrogen and oxygen atoms in total. The fraction of sp³-hybridized carbons (Fsp3) is 0.350. The van der Waals surface area contributed by atoms with Gasteiger partial charge < -0.3 is 4.90 Å². The van der Waals surface area contributed by atoms with E-state index in [-0.39, 0.29) is 5.78 Å². The van der Waals surface area contributed by atoms with Gasteiger partial charge in [0.1, 0.15) is 0 Å². The van der Waals surface area contributed by atoms with Gasteiger partial charge in [-0.05, 0) is 68.1 Å². The van der Waals surface area contributed by atoms with E-state index in [9.17, 15) is 4.79 Å². The first-order valence-electron chi connectivity index (χ1n) is 7.99. The quantitative estimate of drug-likeness (QED) is 0.809. The molecule has 2 aromatic rings. The van der Waals surface area contributed by atoms with Crippen LogP contribution < -0.4 is 0 Å². The van der Waals surface area contributed by atoms with Crippen molar-refractivity contribution < 1.29 is 4.79 Å². The second kappa shape index (κ2) is 6.45. The first kappa shape index (κ1) is 15.0. The molecule has 6 rings (SSSR count). The lowest BCUT2D eigenvalue weighted by atomic mass is 9.92. The van der Waals surface area contributed by atoms with Gasteiger partial charge in [-0.2, -0.15) is 0 Å². The summed E-state index contributed by atoms with van der Waals surface area (Å²) in [6.07, 6.45) is 3.93. The van der Waals surface area contributed by atoms with Crippen molar-refractivity contribution in [2.75, 3.05) is 20.6 Å². The lowest BCUT2D eigenvalue weighted by molar-refractivity contribution is 0.0957. The van der Waals surface area contributed by atoms with E-state index in [1.807, 2.05) is 19.0 Å². The molecule has 114 valence electrons. The van der Waals surface area contributed by atoms with Crippen LogP contribution in [0.4, 0.5) is 0 Å². The minimum Gasteiger partial charge on any atom is -0.302 e. The molecule has 0 heterocycles. The van der Waals surface area contributed by atoms with E-state index in [4.69, 9.17) is 0 Å². The van der Waals surface area contributed by atoms with E-state index in [0.29, 0.717) is 6.54 Å². The van der Waals surface area contributed by atoms with E-state index < -0.39 is 0 Å². The van der Waals surface area contributed by atoms with E-state index in [1.165, 1.54) is 22.3 Å². The number of rotatable bonds is 3. The molecular weight excluding hydrogens is 270 g/mol. The van der Waals surface area contributed by atoms with Crippen molar-refractivity contribution in [3.05, 3.63) is 70.3 Å². The first-order valence-corrected chi connectivity index (χ1v) is 7.99. The van der Waals surface area contributed by atoms with Gasteiger partial charge in [0.15, 0.2) is 5.78 Å². The zero-order valence-electron chi connectivity index (χ0n) is 13.4. The molecule has 22 heavy (non-hydrogen) atoms. The lowest BCUT2D eigenvalue weighted by Gasteiger charge is -2.15. The topological polar surface area (TPSA) is 20.3 Å². The summed E-state index contributed by atoms with van der Waals surface area (Å²) in [6.45, 7) is 0.476. The Morgan fingerprint density at radius 2 is 1.41 bits per heavy atom. The second-order valence-electron chi connectivity index (χ2n) is 6.47. The van der Waals surface area contributed by atoms with E-state index >= 15 is 0 Å². The summed E-state index contributed by atoms with van der Waals surface area (Å²) in [6, 6.07) is 15.4. The van der Waals surface area contributed by atoms with Gasteiger partial charge in [-0.25, -0.2) is 0 Å². The third-order valence-corrected chi connectivity index (χ3v) is 4.34. The maximum atomic E-state index is 12.6. The molecule has 4 bridgehead atoms. The molecule has 2 heteroatoms. The highest BCUT2D eigenvalue weighted by Crippen LogP contribution is 2.20. The Labute approximate surface area is 132 Å². The molecule has 0 spiro atoms. The Morgan fingerprint density at radius 1 is 0.864 bits per heavy atom. The number of Topliss-reactive ketones (excluding diaryl/α,β-unsaturated/α-hetero) is 1. The highest BCUT2D eigenvalue weighted by Gasteiger charge is 2.14. The molecule has 0 atom stereocenters. The molecule has 0 fully saturated rings. The third-order valence-electron chi connectivity index (χ3n) is 4.34. The molecule has 0 saturated heterocycles. The van der Waals surface area contributed by atoms with E-state index in [1.54, 1.807) is 0 Å². The van der Waals surface area contributed by atoms with Crippen LogP contribution in [0.25, 0.3) is 0 Å². The summed E-state index contributed by atoms with van der Waals surface area (Å²) in [4.78, 5) is 14.5. The standard InChI is InChI=1S/C20H23NO/c1-21(2)14-20(22)19-13-17-8-7-15-3-5-16(6-4-15)9-11-18(19)12-10-17/h3-6,10,12-13H,7-9,11,14H2,1-2H3. The minimum atomic E-state index is 0.229. The fourth-order valence-electron chi connectivity index (χ4n) is 3.07. The lowest BCUT2D eigenvalue weighted by Crippen LogP contribution is -2.23. The first-order chi connectivity index (χ1) is 10.6. The van der Waals surface area contributed by atoms with Gasteiger partial charge in [-0.3, -0.25) is 4.79 Å². The van der Waals surface area contributed by atoms with Crippen LogP contribution >= 0.6 is 0 Å². The Balaban J connectivity index is 1.95. The van der Waals surface area contributed by atoms with Gasteiger partial charge in [0, 0.05) is 5.56 Å². The molecule has 4 aliphatic carbocycles. The molecular formula is C20H23NO. The van der Waals surface area contributed by atoms with Gasteiger partial charge in [0.25, 0.3) is 0 Å². The zero-order valence-corrected chi connectivity index (χ0v) is 13.4. The van der Waals surface area contributed by atoms with E-state index in [2.05, 4.69) is 42.5 Å². The SMILES string of the molecule is CN(C)CC(=O)c1cc2ccc1CCc1ccc(cc1)CC2. The normalized spacial score (nSPS) is 14.0. The van der Waals surface area contributed by atoms with Crippen LogP contribution in [0.15, 0.2) is 42.5 Å². The number of nitrogens with zero attached hydrogens (tertiary/aromatic N) is 1. The molecule has 0 aromatic heterocycles. The Hall–Kier alpha value is -1.93. The maximum absolute atomic E-state index is 12.6. The van der Waals surface area contributed by atoms with Crippen LogP contribution in [0, 0.1) is 0 Å². The molecule has 0 aliphatic heterocycles. The van der Waals surface area contributed by atoms with Crippen molar-refractivity contribution in [1.82, 2.24) is 4.90 Å². The van der Waals surface area contributed by atoms with Crippen molar-refractivity contribution >= 4 is 5.78 Å².